The molecule has 0 amide bonds. The van der Waals surface area contributed by atoms with Crippen LogP contribution in [0.1, 0.15) is 10.5 Å². The minimum absolute atomic E-state index is 0.339. The number of esters is 1. The Morgan fingerprint density at radius 1 is 0.960 bits per heavy atom. The lowest BCUT2D eigenvalue weighted by atomic mass is 10.2. The minimum atomic E-state index is -0.407. The van der Waals surface area contributed by atoms with Crippen molar-refractivity contribution in [2.24, 2.45) is 0 Å². The summed E-state index contributed by atoms with van der Waals surface area (Å²) in [6.45, 7) is 0. The van der Waals surface area contributed by atoms with Gasteiger partial charge in [0.05, 0.1) is 19.7 Å². The Hall–Kier alpha value is -3.34. The molecular weight excluding hydrogens is 316 g/mol. The second kappa shape index (κ2) is 7.49. The van der Waals surface area contributed by atoms with Crippen molar-refractivity contribution in [3.8, 4) is 5.75 Å². The van der Waals surface area contributed by atoms with Crippen LogP contribution in [-0.4, -0.2) is 30.2 Å². The van der Waals surface area contributed by atoms with E-state index < -0.39 is 5.97 Å². The smallest absolute Gasteiger partial charge is 0.356 e. The first-order chi connectivity index (χ1) is 12.2. The number of nitrogens with one attached hydrogen (secondary N) is 1. The number of ether oxygens (including phenoxy) is 2. The van der Waals surface area contributed by atoms with Crippen molar-refractivity contribution in [2.75, 3.05) is 14.2 Å². The molecule has 1 N–H and O–H groups in total. The number of pyridine rings is 1. The molecule has 2 aromatic carbocycles. The van der Waals surface area contributed by atoms with Gasteiger partial charge in [-0.15, -0.1) is 0 Å². The highest BCUT2D eigenvalue weighted by molar-refractivity contribution is 5.90. The van der Waals surface area contributed by atoms with Gasteiger partial charge in [-0.2, -0.15) is 0 Å². The summed E-state index contributed by atoms with van der Waals surface area (Å²) in [5.41, 5.74) is 2.26. The van der Waals surface area contributed by atoms with Gasteiger partial charge >= 0.3 is 5.97 Å². The molecule has 0 spiro atoms. The van der Waals surface area contributed by atoms with E-state index in [-0.39, 0.29) is 0 Å². The quantitative estimate of drug-likeness (QED) is 0.558. The van der Waals surface area contributed by atoms with Gasteiger partial charge in [-0.3, -0.25) is 0 Å². The molecule has 0 atom stereocenters. The number of aromatic nitrogens is 2. The van der Waals surface area contributed by atoms with Crippen molar-refractivity contribution in [1.29, 1.82) is 0 Å². The first kappa shape index (κ1) is 16.5. The van der Waals surface area contributed by atoms with E-state index in [1.54, 1.807) is 13.2 Å². The fraction of sp³-hybridized carbons (Fsp3) is 0.100. The van der Waals surface area contributed by atoms with E-state index in [2.05, 4.69) is 14.7 Å². The van der Waals surface area contributed by atoms with E-state index in [1.807, 2.05) is 60.8 Å². The Kier molecular flexibility index (Phi) is 4.95. The van der Waals surface area contributed by atoms with E-state index in [1.165, 1.54) is 12.5 Å². The van der Waals surface area contributed by atoms with Crippen molar-refractivity contribution >= 4 is 27.8 Å². The molecule has 0 saturated heterocycles. The molecule has 4 aromatic rings. The van der Waals surface area contributed by atoms with Gasteiger partial charge in [0.1, 0.15) is 11.4 Å². The lowest BCUT2D eigenvalue weighted by Crippen LogP contribution is -2.03. The molecule has 0 bridgehead atoms. The predicted octanol–water partition coefficient (Wildman–Crippen LogP) is 4.20. The summed E-state index contributed by atoms with van der Waals surface area (Å²) in [4.78, 5) is 18.5. The number of carbonyl (C=O) groups excluding carboxylic acids is 1. The summed E-state index contributed by atoms with van der Waals surface area (Å²) in [5.74, 6) is 0.482. The number of methoxy groups -OCH3 is 2. The highest BCUT2D eigenvalue weighted by Gasteiger charge is 2.06. The first-order valence-corrected chi connectivity index (χ1v) is 7.76. The third-order valence-electron chi connectivity index (χ3n) is 3.76. The average Bonchev–Trinajstić information content (AvgIpc) is 3.15. The highest BCUT2D eigenvalue weighted by atomic mass is 16.5. The molecule has 2 aromatic heterocycles. The van der Waals surface area contributed by atoms with E-state index in [9.17, 15) is 4.79 Å². The number of nitrogens with zero attached hydrogens (tertiary/aromatic N) is 1. The zero-order valence-electron chi connectivity index (χ0n) is 14.0. The van der Waals surface area contributed by atoms with Gasteiger partial charge in [-0.1, -0.05) is 24.3 Å². The SMILES string of the molecule is COC(=O)c1ccc2ccccc2n1.COc1ccc2cc[nH]c2c1. The molecule has 0 radical (unpaired) electrons. The fourth-order valence-electron chi connectivity index (χ4n) is 2.44. The molecule has 0 aliphatic heterocycles. The van der Waals surface area contributed by atoms with E-state index >= 15 is 0 Å². The van der Waals surface area contributed by atoms with Crippen LogP contribution in [0.5, 0.6) is 5.75 Å². The van der Waals surface area contributed by atoms with Crippen LogP contribution in [0.2, 0.25) is 0 Å². The average molecular weight is 334 g/mol. The third-order valence-corrected chi connectivity index (χ3v) is 3.76. The molecule has 25 heavy (non-hydrogen) atoms. The summed E-state index contributed by atoms with van der Waals surface area (Å²) in [6, 6.07) is 19.1. The number of para-hydroxylation sites is 1. The summed E-state index contributed by atoms with van der Waals surface area (Å²) in [7, 11) is 3.02. The van der Waals surface area contributed by atoms with Gasteiger partial charge in [0, 0.05) is 23.2 Å². The first-order valence-electron chi connectivity index (χ1n) is 7.76. The van der Waals surface area contributed by atoms with Crippen LogP contribution < -0.4 is 4.74 Å². The van der Waals surface area contributed by atoms with Crippen LogP contribution in [0.25, 0.3) is 21.8 Å². The van der Waals surface area contributed by atoms with Gasteiger partial charge in [-0.05, 0) is 35.7 Å². The van der Waals surface area contributed by atoms with Crippen LogP contribution in [0.4, 0.5) is 0 Å². The van der Waals surface area contributed by atoms with Gasteiger partial charge in [0.2, 0.25) is 0 Å². The number of carbonyl (C=O) groups is 1. The Balaban J connectivity index is 0.000000150. The topological polar surface area (TPSA) is 64.2 Å². The predicted molar refractivity (Wildman–Crippen MR) is 97.9 cm³/mol. The number of hydrogen-bond acceptors (Lipinski definition) is 4. The zero-order valence-corrected chi connectivity index (χ0v) is 14.0. The van der Waals surface area contributed by atoms with Crippen LogP contribution in [0.15, 0.2) is 66.9 Å². The van der Waals surface area contributed by atoms with Crippen LogP contribution in [-0.2, 0) is 4.74 Å². The van der Waals surface area contributed by atoms with Gasteiger partial charge in [0.15, 0.2) is 0 Å². The standard InChI is InChI=1S/C11H9NO2.C9H9NO/c1-14-11(13)10-7-6-8-4-2-3-5-9(8)12-10;1-11-8-3-2-7-4-5-10-9(7)6-8/h2-7H,1H3;2-6,10H,1H3. The van der Waals surface area contributed by atoms with Crippen LogP contribution in [0, 0.1) is 0 Å². The maximum atomic E-state index is 11.2. The lowest BCUT2D eigenvalue weighted by molar-refractivity contribution is 0.0594. The number of rotatable bonds is 2. The highest BCUT2D eigenvalue weighted by Crippen LogP contribution is 2.18. The Morgan fingerprint density at radius 2 is 1.76 bits per heavy atom. The molecule has 0 saturated carbocycles. The van der Waals surface area contributed by atoms with E-state index in [0.29, 0.717) is 5.69 Å². The second-order valence-corrected chi connectivity index (χ2v) is 5.31. The number of fused-ring (bicyclic) bond motifs is 2. The van der Waals surface area contributed by atoms with Crippen molar-refractivity contribution in [1.82, 2.24) is 9.97 Å². The molecule has 0 aliphatic rings. The fourth-order valence-corrected chi connectivity index (χ4v) is 2.44. The molecule has 5 heteroatoms. The number of benzene rings is 2. The molecule has 5 nitrogen and oxygen atoms in total. The number of hydrogen-bond donors (Lipinski definition) is 1. The van der Waals surface area contributed by atoms with Crippen LogP contribution in [0.3, 0.4) is 0 Å². The van der Waals surface area contributed by atoms with Crippen molar-refractivity contribution < 1.29 is 14.3 Å². The third kappa shape index (κ3) is 3.77. The maximum Gasteiger partial charge on any atom is 0.356 e. The molecule has 0 aliphatic carbocycles. The second-order valence-electron chi connectivity index (χ2n) is 5.31. The molecule has 0 unspecified atom stereocenters. The summed E-state index contributed by atoms with van der Waals surface area (Å²) >= 11 is 0. The van der Waals surface area contributed by atoms with Crippen molar-refractivity contribution in [3.05, 3.63) is 72.6 Å². The summed E-state index contributed by atoms with van der Waals surface area (Å²) in [5, 5.41) is 2.23. The van der Waals surface area contributed by atoms with Crippen molar-refractivity contribution in [3.63, 3.8) is 0 Å². The molecule has 126 valence electrons. The van der Waals surface area contributed by atoms with Gasteiger partial charge in [-0.25, -0.2) is 9.78 Å². The largest absolute Gasteiger partial charge is 0.497 e. The zero-order chi connectivity index (χ0) is 17.6. The normalized spacial score (nSPS) is 10.2. The molecule has 4 rings (SSSR count). The minimum Gasteiger partial charge on any atom is -0.497 e. The Bertz CT molecular complexity index is 1010. The lowest BCUT2D eigenvalue weighted by Gasteiger charge is -2.00. The maximum absolute atomic E-state index is 11.2. The van der Waals surface area contributed by atoms with E-state index in [0.717, 1.165) is 22.2 Å². The van der Waals surface area contributed by atoms with Gasteiger partial charge < -0.3 is 14.5 Å². The molecule has 2 heterocycles. The number of H-pyrrole nitrogens is 1. The van der Waals surface area contributed by atoms with Crippen LogP contribution >= 0.6 is 0 Å². The Morgan fingerprint density at radius 3 is 2.56 bits per heavy atom. The van der Waals surface area contributed by atoms with Crippen molar-refractivity contribution in [2.45, 2.75) is 0 Å². The molecular formula is C20H18N2O3. The Labute approximate surface area is 145 Å². The number of aromatic amines is 1. The van der Waals surface area contributed by atoms with Gasteiger partial charge in [0.25, 0.3) is 0 Å². The molecule has 0 fully saturated rings. The summed E-state index contributed by atoms with van der Waals surface area (Å²) < 4.78 is 9.66. The monoisotopic (exact) mass is 334 g/mol. The summed E-state index contributed by atoms with van der Waals surface area (Å²) in [6.07, 6.45) is 1.92. The van der Waals surface area contributed by atoms with E-state index in [4.69, 9.17) is 4.74 Å².